The lowest BCUT2D eigenvalue weighted by Crippen LogP contribution is -1.97. The number of halogens is 1. The zero-order valence-corrected chi connectivity index (χ0v) is 11.7. The maximum atomic E-state index is 13.6. The van der Waals surface area contributed by atoms with E-state index in [-0.39, 0.29) is 12.4 Å². The third kappa shape index (κ3) is 2.73. The molecule has 4 nitrogen and oxygen atoms in total. The molecule has 2 N–H and O–H groups in total. The smallest absolute Gasteiger partial charge is 0.124 e. The quantitative estimate of drug-likeness (QED) is 0.807. The van der Waals surface area contributed by atoms with E-state index in [1.54, 1.807) is 23.0 Å². The summed E-state index contributed by atoms with van der Waals surface area (Å²) in [5, 5.41) is 13.1. The lowest BCUT2D eigenvalue weighted by atomic mass is 10.1. The number of nitrogens with zero attached hydrogens (tertiary/aromatic N) is 3. The molecule has 5 heteroatoms. The van der Waals surface area contributed by atoms with E-state index in [9.17, 15) is 4.39 Å². The van der Waals surface area contributed by atoms with Crippen LogP contribution in [0.1, 0.15) is 11.1 Å². The third-order valence-corrected chi connectivity index (χ3v) is 3.37. The summed E-state index contributed by atoms with van der Waals surface area (Å²) in [6.45, 7) is 0.286. The van der Waals surface area contributed by atoms with Crippen molar-refractivity contribution in [3.63, 3.8) is 0 Å². The van der Waals surface area contributed by atoms with Gasteiger partial charge in [-0.3, -0.25) is 0 Å². The largest absolute Gasteiger partial charge is 0.326 e. The SMILES string of the molecule is N#Cc1ccc(-n2cc(-c3cc(F)cc(CN)c3)cn2)cc1. The molecule has 0 radical (unpaired) electrons. The van der Waals surface area contributed by atoms with Crippen LogP contribution in [0.2, 0.25) is 0 Å². The molecule has 22 heavy (non-hydrogen) atoms. The van der Waals surface area contributed by atoms with Crippen LogP contribution >= 0.6 is 0 Å². The number of benzene rings is 2. The minimum atomic E-state index is -0.316. The standard InChI is InChI=1S/C17H13FN4/c18-16-6-13(9-20)5-14(7-16)15-10-21-22(11-15)17-3-1-12(8-19)2-4-17/h1-7,10-11H,9,20H2. The Morgan fingerprint density at radius 3 is 2.59 bits per heavy atom. The molecule has 3 rings (SSSR count). The van der Waals surface area contributed by atoms with E-state index in [4.69, 9.17) is 11.0 Å². The van der Waals surface area contributed by atoms with Crippen molar-refractivity contribution in [3.8, 4) is 22.9 Å². The molecule has 0 amide bonds. The highest BCUT2D eigenvalue weighted by Crippen LogP contribution is 2.22. The molecule has 0 saturated carbocycles. The predicted octanol–water partition coefficient (Wildman–Crippen LogP) is 3.01. The number of hydrogen-bond acceptors (Lipinski definition) is 3. The Kier molecular flexibility index (Phi) is 3.69. The van der Waals surface area contributed by atoms with Crippen LogP contribution in [0.3, 0.4) is 0 Å². The zero-order chi connectivity index (χ0) is 15.5. The molecule has 0 bridgehead atoms. The van der Waals surface area contributed by atoms with Gasteiger partial charge < -0.3 is 5.73 Å². The average molecular weight is 292 g/mol. The van der Waals surface area contributed by atoms with Gasteiger partial charge in [-0.2, -0.15) is 10.4 Å². The molecule has 0 aliphatic rings. The molecule has 0 unspecified atom stereocenters. The van der Waals surface area contributed by atoms with Crippen molar-refractivity contribution in [3.05, 3.63) is 71.8 Å². The summed E-state index contributed by atoms with van der Waals surface area (Å²) in [5.41, 5.74) is 9.28. The monoisotopic (exact) mass is 292 g/mol. The molecule has 0 aliphatic heterocycles. The molecule has 1 heterocycles. The average Bonchev–Trinajstić information content (AvgIpc) is 3.04. The highest BCUT2D eigenvalue weighted by molar-refractivity contribution is 5.63. The van der Waals surface area contributed by atoms with Crippen molar-refractivity contribution in [1.29, 1.82) is 5.26 Å². The molecule has 108 valence electrons. The van der Waals surface area contributed by atoms with Crippen LogP contribution in [0.4, 0.5) is 4.39 Å². The van der Waals surface area contributed by atoms with Crippen LogP contribution in [0.5, 0.6) is 0 Å². The van der Waals surface area contributed by atoms with E-state index >= 15 is 0 Å². The highest BCUT2D eigenvalue weighted by atomic mass is 19.1. The lowest BCUT2D eigenvalue weighted by Gasteiger charge is -2.03. The topological polar surface area (TPSA) is 67.6 Å². The minimum absolute atomic E-state index is 0.286. The van der Waals surface area contributed by atoms with Crippen molar-refractivity contribution in [1.82, 2.24) is 9.78 Å². The Bertz CT molecular complexity index is 844. The number of hydrogen-bond donors (Lipinski definition) is 1. The fraction of sp³-hybridized carbons (Fsp3) is 0.0588. The third-order valence-electron chi connectivity index (χ3n) is 3.37. The Labute approximate surface area is 127 Å². The summed E-state index contributed by atoms with van der Waals surface area (Å²) in [6.07, 6.45) is 3.49. The summed E-state index contributed by atoms with van der Waals surface area (Å²) in [5.74, 6) is -0.316. The fourth-order valence-electron chi connectivity index (χ4n) is 2.24. The summed E-state index contributed by atoms with van der Waals surface area (Å²) in [7, 11) is 0. The second-order valence-corrected chi connectivity index (χ2v) is 4.88. The highest BCUT2D eigenvalue weighted by Gasteiger charge is 2.06. The van der Waals surface area contributed by atoms with Crippen molar-refractivity contribution in [2.24, 2.45) is 5.73 Å². The van der Waals surface area contributed by atoms with Crippen molar-refractivity contribution in [2.75, 3.05) is 0 Å². The van der Waals surface area contributed by atoms with Gasteiger partial charge in [0.25, 0.3) is 0 Å². The Hall–Kier alpha value is -2.97. The maximum Gasteiger partial charge on any atom is 0.124 e. The first kappa shape index (κ1) is 14.0. The van der Waals surface area contributed by atoms with Crippen LogP contribution in [-0.2, 0) is 6.54 Å². The van der Waals surface area contributed by atoms with Crippen molar-refractivity contribution in [2.45, 2.75) is 6.54 Å². The first-order valence-corrected chi connectivity index (χ1v) is 6.75. The van der Waals surface area contributed by atoms with Crippen molar-refractivity contribution >= 4 is 0 Å². The Balaban J connectivity index is 1.96. The van der Waals surface area contributed by atoms with E-state index in [0.717, 1.165) is 22.4 Å². The molecule has 0 aliphatic carbocycles. The minimum Gasteiger partial charge on any atom is -0.326 e. The zero-order valence-electron chi connectivity index (χ0n) is 11.7. The number of nitriles is 1. The van der Waals surface area contributed by atoms with Crippen LogP contribution < -0.4 is 5.73 Å². The molecular formula is C17H13FN4. The summed E-state index contributed by atoms with van der Waals surface area (Å²) in [6, 6.07) is 13.9. The van der Waals surface area contributed by atoms with E-state index in [1.165, 1.54) is 12.1 Å². The van der Waals surface area contributed by atoms with Crippen molar-refractivity contribution < 1.29 is 4.39 Å². The molecule has 0 fully saturated rings. The van der Waals surface area contributed by atoms with Crippen LogP contribution in [0.15, 0.2) is 54.9 Å². The Morgan fingerprint density at radius 1 is 1.14 bits per heavy atom. The van der Waals surface area contributed by atoms with Gasteiger partial charge in [0.1, 0.15) is 5.82 Å². The van der Waals surface area contributed by atoms with Gasteiger partial charge in [0.15, 0.2) is 0 Å². The van der Waals surface area contributed by atoms with E-state index < -0.39 is 0 Å². The first-order chi connectivity index (χ1) is 10.7. The summed E-state index contributed by atoms with van der Waals surface area (Å²) < 4.78 is 15.3. The summed E-state index contributed by atoms with van der Waals surface area (Å²) in [4.78, 5) is 0. The second kappa shape index (κ2) is 5.80. The normalized spacial score (nSPS) is 10.4. The summed E-state index contributed by atoms with van der Waals surface area (Å²) >= 11 is 0. The second-order valence-electron chi connectivity index (χ2n) is 4.88. The van der Waals surface area contributed by atoms with Gasteiger partial charge in [-0.15, -0.1) is 0 Å². The van der Waals surface area contributed by atoms with Gasteiger partial charge in [0, 0.05) is 18.3 Å². The van der Waals surface area contributed by atoms with Gasteiger partial charge in [-0.1, -0.05) is 0 Å². The number of nitrogens with two attached hydrogens (primary N) is 1. The van der Waals surface area contributed by atoms with E-state index in [1.807, 2.05) is 24.4 Å². The van der Waals surface area contributed by atoms with Crippen LogP contribution in [0, 0.1) is 17.1 Å². The van der Waals surface area contributed by atoms with Gasteiger partial charge in [-0.05, 0) is 53.6 Å². The molecule has 0 spiro atoms. The van der Waals surface area contributed by atoms with Crippen LogP contribution in [-0.4, -0.2) is 9.78 Å². The molecule has 0 atom stereocenters. The first-order valence-electron chi connectivity index (χ1n) is 6.75. The lowest BCUT2D eigenvalue weighted by molar-refractivity contribution is 0.626. The molecule has 1 aromatic heterocycles. The van der Waals surface area contributed by atoms with E-state index in [0.29, 0.717) is 5.56 Å². The van der Waals surface area contributed by atoms with Gasteiger partial charge in [-0.25, -0.2) is 9.07 Å². The number of aromatic nitrogens is 2. The van der Waals surface area contributed by atoms with Gasteiger partial charge in [0.05, 0.1) is 23.5 Å². The number of rotatable bonds is 3. The predicted molar refractivity (Wildman–Crippen MR) is 81.6 cm³/mol. The molecular weight excluding hydrogens is 279 g/mol. The maximum absolute atomic E-state index is 13.6. The van der Waals surface area contributed by atoms with Crippen LogP contribution in [0.25, 0.3) is 16.8 Å². The van der Waals surface area contributed by atoms with E-state index in [2.05, 4.69) is 11.2 Å². The van der Waals surface area contributed by atoms with Gasteiger partial charge in [0.2, 0.25) is 0 Å². The van der Waals surface area contributed by atoms with Gasteiger partial charge >= 0.3 is 0 Å². The molecule has 0 saturated heterocycles. The fourth-order valence-corrected chi connectivity index (χ4v) is 2.24. The molecule has 2 aromatic carbocycles. The molecule has 3 aromatic rings. The Morgan fingerprint density at radius 2 is 1.91 bits per heavy atom.